The molecule has 4 nitrogen and oxygen atoms in total. The largest absolute Gasteiger partial charge is 0.507 e. The van der Waals surface area contributed by atoms with Gasteiger partial charge in [0.15, 0.2) is 0 Å². The summed E-state index contributed by atoms with van der Waals surface area (Å²) in [5.41, 5.74) is 5.19. The monoisotopic (exact) mass is 442 g/mol. The van der Waals surface area contributed by atoms with Crippen molar-refractivity contribution in [3.63, 3.8) is 0 Å². The SMILES string of the molecule is CC(C)(C)c1cc(CCCO)cc(Cc2cc(CCCCO)cc(C(C)(C)C)c2O)c1O. The minimum atomic E-state index is -0.223. The van der Waals surface area contributed by atoms with Crippen molar-refractivity contribution < 1.29 is 20.4 Å². The predicted molar refractivity (Wildman–Crippen MR) is 132 cm³/mol. The Kier molecular flexibility index (Phi) is 8.78. The first-order chi connectivity index (χ1) is 14.9. The Labute approximate surface area is 194 Å². The van der Waals surface area contributed by atoms with Crippen LogP contribution in [0.15, 0.2) is 24.3 Å². The van der Waals surface area contributed by atoms with Crippen LogP contribution in [-0.2, 0) is 30.1 Å². The van der Waals surface area contributed by atoms with Gasteiger partial charge in [0.05, 0.1) is 0 Å². The van der Waals surface area contributed by atoms with E-state index in [4.69, 9.17) is 5.11 Å². The zero-order valence-corrected chi connectivity index (χ0v) is 20.8. The summed E-state index contributed by atoms with van der Waals surface area (Å²) in [4.78, 5) is 0. The summed E-state index contributed by atoms with van der Waals surface area (Å²) < 4.78 is 0. The van der Waals surface area contributed by atoms with Crippen LogP contribution in [0.25, 0.3) is 0 Å². The van der Waals surface area contributed by atoms with Crippen molar-refractivity contribution in [3.05, 3.63) is 57.6 Å². The van der Waals surface area contributed by atoms with Crippen LogP contribution in [0.4, 0.5) is 0 Å². The van der Waals surface area contributed by atoms with Gasteiger partial charge in [-0.3, -0.25) is 0 Å². The first kappa shape index (κ1) is 26.2. The molecule has 2 rings (SSSR count). The summed E-state index contributed by atoms with van der Waals surface area (Å²) in [6, 6.07) is 8.17. The van der Waals surface area contributed by atoms with Crippen molar-refractivity contribution >= 4 is 0 Å². The highest BCUT2D eigenvalue weighted by atomic mass is 16.3. The Bertz CT molecular complexity index is 901. The third-order valence-corrected chi connectivity index (χ3v) is 5.99. The van der Waals surface area contributed by atoms with Gasteiger partial charge in [-0.15, -0.1) is 0 Å². The molecule has 2 aromatic carbocycles. The Morgan fingerprint density at radius 2 is 1.00 bits per heavy atom. The van der Waals surface area contributed by atoms with Crippen molar-refractivity contribution in [2.75, 3.05) is 13.2 Å². The fourth-order valence-electron chi connectivity index (χ4n) is 4.15. The molecule has 0 amide bonds. The summed E-state index contributed by atoms with van der Waals surface area (Å²) in [5.74, 6) is 0.577. The van der Waals surface area contributed by atoms with Gasteiger partial charge >= 0.3 is 0 Å². The van der Waals surface area contributed by atoms with E-state index in [1.54, 1.807) is 0 Å². The zero-order chi connectivity index (χ0) is 24.1. The molecule has 0 aliphatic rings. The highest BCUT2D eigenvalue weighted by Gasteiger charge is 2.24. The molecule has 0 fully saturated rings. The third-order valence-electron chi connectivity index (χ3n) is 5.99. The minimum Gasteiger partial charge on any atom is -0.507 e. The molecule has 0 radical (unpaired) electrons. The molecule has 4 N–H and O–H groups in total. The molecular weight excluding hydrogens is 400 g/mol. The number of aliphatic hydroxyl groups excluding tert-OH is 2. The van der Waals surface area contributed by atoms with Crippen molar-refractivity contribution in [1.82, 2.24) is 0 Å². The molecule has 0 saturated heterocycles. The second kappa shape index (κ2) is 10.7. The van der Waals surface area contributed by atoms with Crippen LogP contribution in [-0.4, -0.2) is 33.6 Å². The fraction of sp³-hybridized carbons (Fsp3) is 0.571. The number of rotatable bonds is 9. The third kappa shape index (κ3) is 6.73. The number of phenolic OH excluding ortho intramolecular Hbond substituents is 2. The van der Waals surface area contributed by atoms with E-state index in [0.29, 0.717) is 18.6 Å². The number of unbranched alkanes of at least 4 members (excludes halogenated alkanes) is 1. The molecule has 0 atom stereocenters. The first-order valence-electron chi connectivity index (χ1n) is 11.8. The summed E-state index contributed by atoms with van der Waals surface area (Å²) in [7, 11) is 0. The number of benzene rings is 2. The molecule has 0 unspecified atom stereocenters. The second-order valence-corrected chi connectivity index (χ2v) is 11.0. The number of aliphatic hydroxyl groups is 2. The summed E-state index contributed by atoms with van der Waals surface area (Å²) in [6.45, 7) is 12.8. The van der Waals surface area contributed by atoms with E-state index >= 15 is 0 Å². The number of aryl methyl sites for hydroxylation is 2. The van der Waals surface area contributed by atoms with E-state index in [9.17, 15) is 15.3 Å². The van der Waals surface area contributed by atoms with Gasteiger partial charge in [-0.1, -0.05) is 65.8 Å². The van der Waals surface area contributed by atoms with E-state index in [1.807, 2.05) is 18.2 Å². The van der Waals surface area contributed by atoms with Crippen molar-refractivity contribution in [2.45, 2.75) is 90.9 Å². The highest BCUT2D eigenvalue weighted by Crippen LogP contribution is 2.39. The van der Waals surface area contributed by atoms with Crippen LogP contribution in [0.2, 0.25) is 0 Å². The van der Waals surface area contributed by atoms with Crippen molar-refractivity contribution in [3.8, 4) is 11.5 Å². The average Bonchev–Trinajstić information content (AvgIpc) is 2.68. The molecule has 2 aromatic rings. The van der Waals surface area contributed by atoms with Crippen LogP contribution in [0.1, 0.15) is 94.2 Å². The smallest absolute Gasteiger partial charge is 0.122 e. The summed E-state index contributed by atoms with van der Waals surface area (Å²) in [6.07, 6.45) is 4.34. The average molecular weight is 443 g/mol. The number of hydrogen-bond acceptors (Lipinski definition) is 4. The van der Waals surface area contributed by atoms with Crippen LogP contribution in [0, 0.1) is 0 Å². The number of aromatic hydroxyl groups is 2. The van der Waals surface area contributed by atoms with E-state index in [-0.39, 0.29) is 29.8 Å². The standard InChI is InChI=1S/C28H42O4/c1-27(2,3)23-16-19(10-7-8-12-29)14-21(25(23)31)18-22-15-20(11-9-13-30)17-24(26(22)32)28(4,5)6/h14-17,29-32H,7-13,18H2,1-6H3. The number of hydrogen-bond donors (Lipinski definition) is 4. The van der Waals surface area contributed by atoms with Gasteiger partial charge in [-0.05, 0) is 76.3 Å². The Hall–Kier alpha value is -2.04. The Morgan fingerprint density at radius 3 is 1.38 bits per heavy atom. The highest BCUT2D eigenvalue weighted by molar-refractivity contribution is 5.53. The van der Waals surface area contributed by atoms with Gasteiger partial charge < -0.3 is 20.4 Å². The minimum absolute atomic E-state index is 0.132. The van der Waals surface area contributed by atoms with E-state index in [1.165, 1.54) is 0 Å². The van der Waals surface area contributed by atoms with Gasteiger partial charge in [0.2, 0.25) is 0 Å². The maximum Gasteiger partial charge on any atom is 0.122 e. The van der Waals surface area contributed by atoms with Crippen LogP contribution >= 0.6 is 0 Å². The maximum absolute atomic E-state index is 11.2. The van der Waals surface area contributed by atoms with E-state index in [0.717, 1.165) is 59.1 Å². The fourth-order valence-corrected chi connectivity index (χ4v) is 4.15. The predicted octanol–water partition coefficient (Wildman–Crippen LogP) is 5.52. The molecule has 0 spiro atoms. The van der Waals surface area contributed by atoms with Crippen molar-refractivity contribution in [2.24, 2.45) is 0 Å². The Morgan fingerprint density at radius 1 is 0.594 bits per heavy atom. The molecule has 0 heterocycles. The van der Waals surface area contributed by atoms with E-state index < -0.39 is 0 Å². The lowest BCUT2D eigenvalue weighted by Crippen LogP contribution is -2.14. The summed E-state index contributed by atoms with van der Waals surface area (Å²) in [5, 5.41) is 40.7. The topological polar surface area (TPSA) is 80.9 Å². The molecule has 0 aromatic heterocycles. The maximum atomic E-state index is 11.2. The van der Waals surface area contributed by atoms with Gasteiger partial charge in [0, 0.05) is 19.6 Å². The molecule has 32 heavy (non-hydrogen) atoms. The lowest BCUT2D eigenvalue weighted by atomic mass is 9.81. The molecule has 0 saturated carbocycles. The molecule has 0 aliphatic heterocycles. The van der Waals surface area contributed by atoms with Gasteiger partial charge in [-0.2, -0.15) is 0 Å². The molecule has 178 valence electrons. The van der Waals surface area contributed by atoms with Crippen LogP contribution < -0.4 is 0 Å². The Balaban J connectivity index is 2.57. The van der Waals surface area contributed by atoms with Gasteiger partial charge in [-0.25, -0.2) is 0 Å². The lowest BCUT2D eigenvalue weighted by Gasteiger charge is -2.25. The quantitative estimate of drug-likeness (QED) is 0.385. The second-order valence-electron chi connectivity index (χ2n) is 11.0. The van der Waals surface area contributed by atoms with Gasteiger partial charge in [0.25, 0.3) is 0 Å². The summed E-state index contributed by atoms with van der Waals surface area (Å²) >= 11 is 0. The zero-order valence-electron chi connectivity index (χ0n) is 20.8. The van der Waals surface area contributed by atoms with Gasteiger partial charge in [0.1, 0.15) is 11.5 Å². The first-order valence-corrected chi connectivity index (χ1v) is 11.8. The molecule has 0 aliphatic carbocycles. The van der Waals surface area contributed by atoms with Crippen molar-refractivity contribution in [1.29, 1.82) is 0 Å². The van der Waals surface area contributed by atoms with Crippen LogP contribution in [0.3, 0.4) is 0 Å². The van der Waals surface area contributed by atoms with Crippen LogP contribution in [0.5, 0.6) is 11.5 Å². The molecule has 4 heteroatoms. The number of phenols is 2. The molecular formula is C28H42O4. The molecule has 0 bridgehead atoms. The normalized spacial score (nSPS) is 12.4. The lowest BCUT2D eigenvalue weighted by molar-refractivity contribution is 0.284. The van der Waals surface area contributed by atoms with E-state index in [2.05, 4.69) is 47.6 Å².